The summed E-state index contributed by atoms with van der Waals surface area (Å²) in [5.41, 5.74) is 3.86. The van der Waals surface area contributed by atoms with Crippen molar-refractivity contribution < 1.29 is 4.79 Å². The lowest BCUT2D eigenvalue weighted by molar-refractivity contribution is 0.208. The molecule has 35 heavy (non-hydrogen) atoms. The number of rotatable bonds is 4. The Morgan fingerprint density at radius 3 is 2.43 bits per heavy atom. The zero-order valence-corrected chi connectivity index (χ0v) is 21.4. The van der Waals surface area contributed by atoms with Crippen LogP contribution in [0.5, 0.6) is 0 Å². The van der Waals surface area contributed by atoms with Crippen molar-refractivity contribution in [2.24, 2.45) is 0 Å². The average Bonchev–Trinajstić information content (AvgIpc) is 3.38. The van der Waals surface area contributed by atoms with Gasteiger partial charge >= 0.3 is 6.03 Å². The summed E-state index contributed by atoms with van der Waals surface area (Å²) < 4.78 is 1.93. The fourth-order valence-electron chi connectivity index (χ4n) is 4.15. The molecule has 5 rings (SSSR count). The Kier molecular flexibility index (Phi) is 6.10. The zero-order valence-electron chi connectivity index (χ0n) is 20.6. The van der Waals surface area contributed by atoms with E-state index in [1.165, 1.54) is 5.56 Å². The molecule has 1 fully saturated rings. The number of nitrogens with one attached hydrogen (secondary N) is 2. The average molecular weight is 490 g/mol. The van der Waals surface area contributed by atoms with Crippen molar-refractivity contribution in [3.8, 4) is 11.3 Å². The highest BCUT2D eigenvalue weighted by atomic mass is 32.1. The standard InChI is InChI=1S/C26H31N7OS/c1-18-9-8-10-19(17-18)21-22(29-26(2,3)4)33-24(28-21)35-25(30-33)32-15-13-31(14-16-32)23(34)27-20-11-6-5-7-12-20/h5-12,17,29H,13-16H2,1-4H3,(H,27,34). The smallest absolute Gasteiger partial charge is 0.321 e. The Morgan fingerprint density at radius 1 is 1.00 bits per heavy atom. The first-order valence-corrected chi connectivity index (χ1v) is 12.7. The normalized spacial score (nSPS) is 14.4. The van der Waals surface area contributed by atoms with E-state index in [9.17, 15) is 4.79 Å². The third-order valence-electron chi connectivity index (χ3n) is 5.84. The van der Waals surface area contributed by atoms with Crippen LogP contribution in [0.3, 0.4) is 0 Å². The van der Waals surface area contributed by atoms with Gasteiger partial charge in [-0.25, -0.2) is 9.78 Å². The van der Waals surface area contributed by atoms with E-state index in [1.54, 1.807) is 11.3 Å². The van der Waals surface area contributed by atoms with Crippen LogP contribution < -0.4 is 15.5 Å². The van der Waals surface area contributed by atoms with Crippen molar-refractivity contribution >= 4 is 39.0 Å². The number of hydrogen-bond donors (Lipinski definition) is 2. The van der Waals surface area contributed by atoms with Crippen LogP contribution in [0.1, 0.15) is 26.3 Å². The maximum absolute atomic E-state index is 12.6. The monoisotopic (exact) mass is 489 g/mol. The molecular formula is C26H31N7OS. The van der Waals surface area contributed by atoms with Crippen LogP contribution in [0.2, 0.25) is 0 Å². The van der Waals surface area contributed by atoms with Crippen molar-refractivity contribution in [1.29, 1.82) is 0 Å². The van der Waals surface area contributed by atoms with Gasteiger partial charge in [-0.15, -0.1) is 5.10 Å². The molecule has 0 spiro atoms. The summed E-state index contributed by atoms with van der Waals surface area (Å²) in [4.78, 5) is 22.6. The molecule has 2 aromatic carbocycles. The second kappa shape index (κ2) is 9.22. The molecule has 2 aromatic heterocycles. The van der Waals surface area contributed by atoms with Crippen molar-refractivity contribution in [2.45, 2.75) is 33.2 Å². The Hall–Kier alpha value is -3.59. The molecular weight excluding hydrogens is 458 g/mol. The SMILES string of the molecule is Cc1cccc(-c2nc3sc(N4CCN(C(=O)Nc5ccccc5)CC4)nn3c2NC(C)(C)C)c1. The van der Waals surface area contributed by atoms with Crippen molar-refractivity contribution in [3.05, 3.63) is 60.2 Å². The minimum Gasteiger partial charge on any atom is -0.364 e. The minimum absolute atomic E-state index is 0.0655. The first kappa shape index (κ1) is 23.2. The molecule has 0 aliphatic carbocycles. The van der Waals surface area contributed by atoms with Crippen LogP contribution >= 0.6 is 11.3 Å². The molecule has 1 aliphatic heterocycles. The van der Waals surface area contributed by atoms with Gasteiger partial charge in [0.2, 0.25) is 10.1 Å². The van der Waals surface area contributed by atoms with E-state index in [1.807, 2.05) is 39.7 Å². The number of benzene rings is 2. The Labute approximate surface area is 209 Å². The minimum atomic E-state index is -0.143. The molecule has 2 N–H and O–H groups in total. The number of hydrogen-bond acceptors (Lipinski definition) is 6. The van der Waals surface area contributed by atoms with Gasteiger partial charge in [-0.3, -0.25) is 0 Å². The third-order valence-corrected chi connectivity index (χ3v) is 6.81. The summed E-state index contributed by atoms with van der Waals surface area (Å²) in [6, 6.07) is 17.9. The molecule has 182 valence electrons. The second-order valence-electron chi connectivity index (χ2n) is 9.90. The number of carbonyl (C=O) groups excluding carboxylic acids is 1. The summed E-state index contributed by atoms with van der Waals surface area (Å²) in [5.74, 6) is 0.904. The number of imidazole rings is 1. The predicted octanol–water partition coefficient (Wildman–Crippen LogP) is 5.33. The molecule has 0 atom stereocenters. The zero-order chi connectivity index (χ0) is 24.6. The molecule has 3 heterocycles. The first-order valence-electron chi connectivity index (χ1n) is 11.9. The number of aryl methyl sites for hydroxylation is 1. The van der Waals surface area contributed by atoms with Crippen molar-refractivity contribution in [2.75, 3.05) is 41.7 Å². The highest BCUT2D eigenvalue weighted by Crippen LogP contribution is 2.35. The maximum atomic E-state index is 12.6. The number of carbonyl (C=O) groups is 1. The number of urea groups is 1. The summed E-state index contributed by atoms with van der Waals surface area (Å²) >= 11 is 1.58. The fraction of sp³-hybridized carbons (Fsp3) is 0.346. The molecule has 0 bridgehead atoms. The highest BCUT2D eigenvalue weighted by molar-refractivity contribution is 7.20. The van der Waals surface area contributed by atoms with E-state index in [2.05, 4.69) is 67.5 Å². The lowest BCUT2D eigenvalue weighted by atomic mass is 10.1. The lowest BCUT2D eigenvalue weighted by Gasteiger charge is -2.34. The van der Waals surface area contributed by atoms with Gasteiger partial charge < -0.3 is 20.4 Å². The predicted molar refractivity (Wildman–Crippen MR) is 144 cm³/mol. The Bertz CT molecular complexity index is 1330. The molecule has 2 amide bonds. The fourth-order valence-corrected chi connectivity index (χ4v) is 5.10. The van der Waals surface area contributed by atoms with Crippen LogP contribution in [0.25, 0.3) is 16.2 Å². The van der Waals surface area contributed by atoms with Crippen LogP contribution in [0.15, 0.2) is 54.6 Å². The van der Waals surface area contributed by atoms with Gasteiger partial charge in [0.1, 0.15) is 5.69 Å². The largest absolute Gasteiger partial charge is 0.364 e. The van der Waals surface area contributed by atoms with E-state index >= 15 is 0 Å². The molecule has 1 aliphatic rings. The summed E-state index contributed by atoms with van der Waals surface area (Å²) in [7, 11) is 0. The van der Waals surface area contributed by atoms with Crippen molar-refractivity contribution in [3.63, 3.8) is 0 Å². The van der Waals surface area contributed by atoms with E-state index in [4.69, 9.17) is 10.1 Å². The molecule has 0 saturated carbocycles. The van der Waals surface area contributed by atoms with Gasteiger partial charge in [0.25, 0.3) is 0 Å². The van der Waals surface area contributed by atoms with Gasteiger partial charge in [0.05, 0.1) is 0 Å². The highest BCUT2D eigenvalue weighted by Gasteiger charge is 2.26. The topological polar surface area (TPSA) is 77.8 Å². The molecule has 0 unspecified atom stereocenters. The molecule has 8 nitrogen and oxygen atoms in total. The lowest BCUT2D eigenvalue weighted by Crippen LogP contribution is -2.50. The molecule has 0 radical (unpaired) electrons. The van der Waals surface area contributed by atoms with Gasteiger partial charge in [0, 0.05) is 43.0 Å². The Morgan fingerprint density at radius 2 is 1.74 bits per heavy atom. The number of para-hydroxylation sites is 1. The summed E-state index contributed by atoms with van der Waals surface area (Å²) in [6.45, 7) is 11.2. The Balaban J connectivity index is 1.35. The van der Waals surface area contributed by atoms with Crippen molar-refractivity contribution in [1.82, 2.24) is 19.5 Å². The number of aromatic nitrogens is 3. The van der Waals surface area contributed by atoms with Gasteiger partial charge in [-0.1, -0.05) is 53.3 Å². The molecule has 1 saturated heterocycles. The van der Waals surface area contributed by atoms with E-state index in [0.29, 0.717) is 13.1 Å². The van der Waals surface area contributed by atoms with Gasteiger partial charge in [-0.2, -0.15) is 4.52 Å². The van der Waals surface area contributed by atoms with Crippen LogP contribution in [-0.2, 0) is 0 Å². The quantitative estimate of drug-likeness (QED) is 0.405. The van der Waals surface area contributed by atoms with E-state index < -0.39 is 0 Å². The molecule has 9 heteroatoms. The summed E-state index contributed by atoms with van der Waals surface area (Å²) in [6.07, 6.45) is 0. The number of anilines is 3. The number of nitrogens with zero attached hydrogens (tertiary/aromatic N) is 5. The van der Waals surface area contributed by atoms with E-state index in [-0.39, 0.29) is 11.6 Å². The summed E-state index contributed by atoms with van der Waals surface area (Å²) in [5, 5.41) is 12.5. The third kappa shape index (κ3) is 5.09. The number of amides is 2. The van der Waals surface area contributed by atoms with Crippen LogP contribution in [-0.4, -0.2) is 57.2 Å². The van der Waals surface area contributed by atoms with Crippen LogP contribution in [0.4, 0.5) is 21.4 Å². The molecule has 4 aromatic rings. The van der Waals surface area contributed by atoms with Gasteiger partial charge in [-0.05, 0) is 45.9 Å². The maximum Gasteiger partial charge on any atom is 0.321 e. The second-order valence-corrected chi connectivity index (χ2v) is 10.8. The van der Waals surface area contributed by atoms with Gasteiger partial charge in [0.15, 0.2) is 5.82 Å². The number of piperazine rings is 1. The van der Waals surface area contributed by atoms with Crippen LogP contribution in [0, 0.1) is 6.92 Å². The van der Waals surface area contributed by atoms with E-state index in [0.717, 1.165) is 45.9 Å². The number of fused-ring (bicyclic) bond motifs is 1. The first-order chi connectivity index (χ1) is 16.8.